The Kier molecular flexibility index (Phi) is 4.18. The maximum absolute atomic E-state index is 11.9. The summed E-state index contributed by atoms with van der Waals surface area (Å²) in [5.41, 5.74) is 1.58. The molecule has 112 valence electrons. The minimum absolute atomic E-state index is 0.148. The Morgan fingerprint density at radius 2 is 2.09 bits per heavy atom. The lowest BCUT2D eigenvalue weighted by Crippen LogP contribution is -2.20. The summed E-state index contributed by atoms with van der Waals surface area (Å²) in [5.74, 6) is 0.125. The van der Waals surface area contributed by atoms with Crippen molar-refractivity contribution in [2.24, 2.45) is 0 Å². The molecular weight excluding hydrogens is 325 g/mol. The number of ether oxygens (including phenoxy) is 1. The van der Waals surface area contributed by atoms with E-state index in [9.17, 15) is 4.79 Å². The van der Waals surface area contributed by atoms with E-state index in [4.69, 9.17) is 27.9 Å². The van der Waals surface area contributed by atoms with E-state index in [0.29, 0.717) is 21.5 Å². The van der Waals surface area contributed by atoms with E-state index >= 15 is 0 Å². The lowest BCUT2D eigenvalue weighted by Gasteiger charge is -2.09. The summed E-state index contributed by atoms with van der Waals surface area (Å²) in [4.78, 5) is 11.9. The first kappa shape index (κ1) is 14.7. The number of amides is 1. The second kappa shape index (κ2) is 6.25. The first-order valence-corrected chi connectivity index (χ1v) is 7.18. The third-order valence-electron chi connectivity index (χ3n) is 2.98. The fraction of sp³-hybridized carbons (Fsp3) is 0.0667. The number of nitrogens with one attached hydrogen (secondary N) is 2. The molecule has 0 spiro atoms. The Hall–Kier alpha value is -2.24. The fourth-order valence-corrected chi connectivity index (χ4v) is 2.42. The molecule has 1 aromatic heterocycles. The molecule has 0 saturated heterocycles. The van der Waals surface area contributed by atoms with Crippen molar-refractivity contribution in [3.8, 4) is 5.75 Å². The van der Waals surface area contributed by atoms with Crippen LogP contribution in [0.25, 0.3) is 10.9 Å². The van der Waals surface area contributed by atoms with Gasteiger partial charge < -0.3 is 10.1 Å². The van der Waals surface area contributed by atoms with Crippen molar-refractivity contribution < 1.29 is 9.53 Å². The minimum atomic E-state index is -0.283. The average molecular weight is 336 g/mol. The molecule has 5 nitrogen and oxygen atoms in total. The second-order valence-corrected chi connectivity index (χ2v) is 5.43. The van der Waals surface area contributed by atoms with Gasteiger partial charge >= 0.3 is 0 Å². The normalized spacial score (nSPS) is 10.6. The zero-order valence-corrected chi connectivity index (χ0v) is 12.8. The number of hydrogen-bond acceptors (Lipinski definition) is 3. The largest absolute Gasteiger partial charge is 0.482 e. The Balaban J connectivity index is 1.62. The van der Waals surface area contributed by atoms with Crippen molar-refractivity contribution in [2.45, 2.75) is 0 Å². The highest BCUT2D eigenvalue weighted by Crippen LogP contribution is 2.27. The Bertz CT molecular complexity index is 833. The molecule has 0 aliphatic carbocycles. The molecule has 2 aromatic carbocycles. The SMILES string of the molecule is O=C(COc1ccc(Cl)cc1Cl)Nc1ccc2[nH]ncc2c1. The summed E-state index contributed by atoms with van der Waals surface area (Å²) in [6, 6.07) is 10.3. The van der Waals surface area contributed by atoms with E-state index in [-0.39, 0.29) is 12.5 Å². The van der Waals surface area contributed by atoms with Gasteiger partial charge in [0.15, 0.2) is 6.61 Å². The van der Waals surface area contributed by atoms with Gasteiger partial charge in [0.25, 0.3) is 5.91 Å². The van der Waals surface area contributed by atoms with E-state index in [0.717, 1.165) is 10.9 Å². The maximum Gasteiger partial charge on any atom is 0.262 e. The van der Waals surface area contributed by atoms with Gasteiger partial charge in [0.2, 0.25) is 0 Å². The van der Waals surface area contributed by atoms with E-state index < -0.39 is 0 Å². The number of halogens is 2. The van der Waals surface area contributed by atoms with Crippen molar-refractivity contribution in [1.82, 2.24) is 10.2 Å². The van der Waals surface area contributed by atoms with Gasteiger partial charge in [-0.05, 0) is 36.4 Å². The molecule has 0 saturated carbocycles. The Morgan fingerprint density at radius 1 is 1.23 bits per heavy atom. The fourth-order valence-electron chi connectivity index (χ4n) is 1.95. The van der Waals surface area contributed by atoms with Crippen LogP contribution in [0, 0.1) is 0 Å². The molecule has 0 aliphatic rings. The van der Waals surface area contributed by atoms with Gasteiger partial charge in [-0.15, -0.1) is 0 Å². The number of H-pyrrole nitrogens is 1. The zero-order valence-electron chi connectivity index (χ0n) is 11.3. The number of rotatable bonds is 4. The molecular formula is C15H11Cl2N3O2. The molecule has 3 rings (SSSR count). The van der Waals surface area contributed by atoms with Crippen molar-refractivity contribution in [3.05, 3.63) is 52.6 Å². The van der Waals surface area contributed by atoms with Gasteiger partial charge in [-0.2, -0.15) is 5.10 Å². The highest BCUT2D eigenvalue weighted by molar-refractivity contribution is 6.35. The van der Waals surface area contributed by atoms with Crippen LogP contribution < -0.4 is 10.1 Å². The molecule has 22 heavy (non-hydrogen) atoms. The molecule has 1 amide bonds. The molecule has 0 unspecified atom stereocenters. The third kappa shape index (κ3) is 3.32. The summed E-state index contributed by atoms with van der Waals surface area (Å²) in [7, 11) is 0. The summed E-state index contributed by atoms with van der Waals surface area (Å²) in [6.07, 6.45) is 1.69. The third-order valence-corrected chi connectivity index (χ3v) is 3.51. The van der Waals surface area contributed by atoms with Crippen LogP contribution >= 0.6 is 23.2 Å². The van der Waals surface area contributed by atoms with Crippen LogP contribution in [0.5, 0.6) is 5.75 Å². The highest BCUT2D eigenvalue weighted by Gasteiger charge is 2.07. The smallest absolute Gasteiger partial charge is 0.262 e. The molecule has 0 bridgehead atoms. The molecule has 0 atom stereocenters. The first-order chi connectivity index (χ1) is 10.6. The minimum Gasteiger partial charge on any atom is -0.482 e. The number of aromatic nitrogens is 2. The van der Waals surface area contributed by atoms with Gasteiger partial charge in [-0.25, -0.2) is 0 Å². The number of benzene rings is 2. The van der Waals surface area contributed by atoms with Crippen LogP contribution in [0.2, 0.25) is 10.0 Å². The number of nitrogens with zero attached hydrogens (tertiary/aromatic N) is 1. The first-order valence-electron chi connectivity index (χ1n) is 6.42. The lowest BCUT2D eigenvalue weighted by molar-refractivity contribution is -0.118. The van der Waals surface area contributed by atoms with Crippen molar-refractivity contribution >= 4 is 45.7 Å². The molecule has 7 heteroatoms. The lowest BCUT2D eigenvalue weighted by atomic mass is 10.2. The van der Waals surface area contributed by atoms with Crippen LogP contribution in [0.4, 0.5) is 5.69 Å². The summed E-state index contributed by atoms with van der Waals surface area (Å²) in [6.45, 7) is -0.148. The van der Waals surface area contributed by atoms with E-state index in [1.165, 1.54) is 0 Å². The molecule has 0 radical (unpaired) electrons. The molecule has 3 aromatic rings. The van der Waals surface area contributed by atoms with Crippen molar-refractivity contribution in [2.75, 3.05) is 11.9 Å². The van der Waals surface area contributed by atoms with Crippen LogP contribution in [0.15, 0.2) is 42.6 Å². The van der Waals surface area contributed by atoms with Gasteiger partial charge in [0.05, 0.1) is 16.7 Å². The quantitative estimate of drug-likeness (QED) is 0.760. The summed E-state index contributed by atoms with van der Waals surface area (Å²) < 4.78 is 5.38. The van der Waals surface area contributed by atoms with Crippen molar-refractivity contribution in [1.29, 1.82) is 0 Å². The van der Waals surface area contributed by atoms with Gasteiger partial charge in [0, 0.05) is 16.1 Å². The standard InChI is InChI=1S/C15H11Cl2N3O2/c16-10-1-4-14(12(17)6-10)22-8-15(21)19-11-2-3-13-9(5-11)7-18-20-13/h1-7H,8H2,(H,18,20)(H,19,21). The number of carbonyl (C=O) groups excluding carboxylic acids is 1. The molecule has 1 heterocycles. The van der Waals surface area contributed by atoms with E-state index in [1.54, 1.807) is 30.5 Å². The number of carbonyl (C=O) groups is 1. The average Bonchev–Trinajstić information content (AvgIpc) is 2.94. The Morgan fingerprint density at radius 3 is 2.91 bits per heavy atom. The topological polar surface area (TPSA) is 67.0 Å². The molecule has 0 fully saturated rings. The van der Waals surface area contributed by atoms with E-state index in [1.807, 2.05) is 12.1 Å². The molecule has 2 N–H and O–H groups in total. The van der Waals surface area contributed by atoms with E-state index in [2.05, 4.69) is 15.5 Å². The Labute approximate surface area is 136 Å². The predicted octanol–water partition coefficient (Wildman–Crippen LogP) is 3.89. The van der Waals surface area contributed by atoms with Crippen LogP contribution in [-0.4, -0.2) is 22.7 Å². The number of aromatic amines is 1. The monoisotopic (exact) mass is 335 g/mol. The van der Waals surface area contributed by atoms with Crippen LogP contribution in [0.1, 0.15) is 0 Å². The van der Waals surface area contributed by atoms with Gasteiger partial charge in [0.1, 0.15) is 5.75 Å². The number of fused-ring (bicyclic) bond motifs is 1. The summed E-state index contributed by atoms with van der Waals surface area (Å²) in [5, 5.41) is 11.3. The second-order valence-electron chi connectivity index (χ2n) is 4.58. The zero-order chi connectivity index (χ0) is 15.5. The highest BCUT2D eigenvalue weighted by atomic mass is 35.5. The van der Waals surface area contributed by atoms with Gasteiger partial charge in [-0.1, -0.05) is 23.2 Å². The van der Waals surface area contributed by atoms with Gasteiger partial charge in [-0.3, -0.25) is 9.89 Å². The maximum atomic E-state index is 11.9. The predicted molar refractivity (Wildman–Crippen MR) is 86.7 cm³/mol. The van der Waals surface area contributed by atoms with Crippen molar-refractivity contribution in [3.63, 3.8) is 0 Å². The summed E-state index contributed by atoms with van der Waals surface area (Å²) >= 11 is 11.8. The number of hydrogen-bond donors (Lipinski definition) is 2. The number of anilines is 1. The van der Waals surface area contributed by atoms with Crippen LogP contribution in [-0.2, 0) is 4.79 Å². The molecule has 0 aliphatic heterocycles. The van der Waals surface area contributed by atoms with Crippen LogP contribution in [0.3, 0.4) is 0 Å².